The smallest absolute Gasteiger partial charge is 0.254 e. The number of rotatable bonds is 2. The van der Waals surface area contributed by atoms with Crippen molar-refractivity contribution in [2.45, 2.75) is 26.7 Å². The maximum atomic E-state index is 12.1. The summed E-state index contributed by atoms with van der Waals surface area (Å²) in [6, 6.07) is 7.41. The van der Waals surface area contributed by atoms with Crippen molar-refractivity contribution in [1.82, 2.24) is 9.97 Å². The summed E-state index contributed by atoms with van der Waals surface area (Å²) in [5, 5.41) is 1.44. The van der Waals surface area contributed by atoms with Gasteiger partial charge in [0.25, 0.3) is 5.56 Å². The predicted octanol–water partition coefficient (Wildman–Crippen LogP) is 4.27. The van der Waals surface area contributed by atoms with Gasteiger partial charge in [0, 0.05) is 16.9 Å². The lowest BCUT2D eigenvalue weighted by Gasteiger charge is -2.07. The number of H-pyrrole nitrogens is 1. The molecule has 1 N–H and O–H groups in total. The zero-order chi connectivity index (χ0) is 15.1. The maximum absolute atomic E-state index is 12.1. The fourth-order valence-electron chi connectivity index (χ4n) is 2.21. The summed E-state index contributed by atoms with van der Waals surface area (Å²) in [5.74, 6) is 1.33. The van der Waals surface area contributed by atoms with Gasteiger partial charge in [-0.1, -0.05) is 37.6 Å². The van der Waals surface area contributed by atoms with Gasteiger partial charge in [0.2, 0.25) is 0 Å². The van der Waals surface area contributed by atoms with Crippen LogP contribution in [0.15, 0.2) is 33.5 Å². The topological polar surface area (TPSA) is 58.9 Å². The molecule has 0 bridgehead atoms. The number of hydrogen-bond acceptors (Lipinski definition) is 3. The van der Waals surface area contributed by atoms with Gasteiger partial charge in [0.15, 0.2) is 11.3 Å². The van der Waals surface area contributed by atoms with Crippen LogP contribution in [0.1, 0.15) is 31.2 Å². The highest BCUT2D eigenvalue weighted by Crippen LogP contribution is 2.32. The molecule has 0 atom stereocenters. The molecule has 0 amide bonds. The van der Waals surface area contributed by atoms with Crippen molar-refractivity contribution in [3.05, 3.63) is 51.0 Å². The largest absolute Gasteiger partial charge is 0.453 e. The molecule has 3 rings (SSSR count). The van der Waals surface area contributed by atoms with E-state index in [1.54, 1.807) is 13.0 Å². The molecule has 0 spiro atoms. The molecule has 4 nitrogen and oxygen atoms in total. The maximum Gasteiger partial charge on any atom is 0.254 e. The number of furan rings is 1. The first-order chi connectivity index (χ1) is 9.97. The van der Waals surface area contributed by atoms with Gasteiger partial charge >= 0.3 is 0 Å². The van der Waals surface area contributed by atoms with Crippen LogP contribution >= 0.6 is 11.6 Å². The lowest BCUT2D eigenvalue weighted by Crippen LogP contribution is -2.16. The van der Waals surface area contributed by atoms with E-state index in [-0.39, 0.29) is 11.5 Å². The molecule has 1 aromatic carbocycles. The highest BCUT2D eigenvalue weighted by Gasteiger charge is 2.16. The predicted molar refractivity (Wildman–Crippen MR) is 83.9 cm³/mol. The first-order valence-electron chi connectivity index (χ1n) is 6.76. The van der Waals surface area contributed by atoms with Gasteiger partial charge in [0.05, 0.1) is 5.02 Å². The van der Waals surface area contributed by atoms with E-state index in [1.807, 2.05) is 32.0 Å². The minimum Gasteiger partial charge on any atom is -0.453 e. The second-order valence-electron chi connectivity index (χ2n) is 5.35. The minimum atomic E-state index is -0.143. The average molecular weight is 303 g/mol. The van der Waals surface area contributed by atoms with Crippen molar-refractivity contribution in [3.63, 3.8) is 0 Å². The van der Waals surface area contributed by atoms with Crippen molar-refractivity contribution < 1.29 is 4.42 Å². The first kappa shape index (κ1) is 13.9. The van der Waals surface area contributed by atoms with Crippen LogP contribution in [0.25, 0.3) is 22.4 Å². The number of para-hydroxylation sites is 1. The van der Waals surface area contributed by atoms with E-state index in [0.717, 1.165) is 5.39 Å². The number of aromatic amines is 1. The third-order valence-electron chi connectivity index (χ3n) is 3.45. The van der Waals surface area contributed by atoms with E-state index in [4.69, 9.17) is 16.0 Å². The molecule has 0 aliphatic carbocycles. The Hall–Kier alpha value is -2.07. The standard InChI is InChI=1S/C16H15ClN2O2/c1-8(2)15-18-13(9(3)16(20)19-15)12-7-10-5-4-6-11(17)14(10)21-12/h4-8H,1-3H3,(H,18,19,20). The average Bonchev–Trinajstić information content (AvgIpc) is 2.86. The van der Waals surface area contributed by atoms with Crippen molar-refractivity contribution >= 4 is 22.6 Å². The molecule has 0 radical (unpaired) electrons. The highest BCUT2D eigenvalue weighted by atomic mass is 35.5. The Morgan fingerprint density at radius 2 is 2.10 bits per heavy atom. The lowest BCUT2D eigenvalue weighted by atomic mass is 10.1. The van der Waals surface area contributed by atoms with E-state index in [9.17, 15) is 4.79 Å². The second kappa shape index (κ2) is 5.04. The summed E-state index contributed by atoms with van der Waals surface area (Å²) in [7, 11) is 0. The van der Waals surface area contributed by atoms with E-state index in [2.05, 4.69) is 9.97 Å². The van der Waals surface area contributed by atoms with E-state index < -0.39 is 0 Å². The molecule has 0 saturated heterocycles. The normalized spacial score (nSPS) is 11.5. The van der Waals surface area contributed by atoms with E-state index in [0.29, 0.717) is 33.4 Å². The Morgan fingerprint density at radius 3 is 2.76 bits per heavy atom. The van der Waals surface area contributed by atoms with Crippen molar-refractivity contribution in [3.8, 4) is 11.5 Å². The third-order valence-corrected chi connectivity index (χ3v) is 3.74. The Balaban J connectivity index is 2.27. The quantitative estimate of drug-likeness (QED) is 0.769. The van der Waals surface area contributed by atoms with Crippen molar-refractivity contribution in [2.24, 2.45) is 0 Å². The summed E-state index contributed by atoms with van der Waals surface area (Å²) >= 11 is 6.13. The Kier molecular flexibility index (Phi) is 3.33. The number of halogens is 1. The van der Waals surface area contributed by atoms with Gasteiger partial charge in [-0.3, -0.25) is 4.79 Å². The second-order valence-corrected chi connectivity index (χ2v) is 5.76. The molecule has 5 heteroatoms. The molecular formula is C16H15ClN2O2. The SMILES string of the molecule is Cc1c(-c2cc3cccc(Cl)c3o2)nc(C(C)C)[nH]c1=O. The third kappa shape index (κ3) is 2.36. The van der Waals surface area contributed by atoms with Gasteiger partial charge in [-0.2, -0.15) is 0 Å². The van der Waals surface area contributed by atoms with Gasteiger partial charge in [-0.15, -0.1) is 0 Å². The lowest BCUT2D eigenvalue weighted by molar-refractivity contribution is 0.625. The summed E-state index contributed by atoms with van der Waals surface area (Å²) in [6.07, 6.45) is 0. The molecule has 0 fully saturated rings. The van der Waals surface area contributed by atoms with Crippen LogP contribution in [-0.2, 0) is 0 Å². The molecule has 2 heterocycles. The molecule has 2 aromatic heterocycles. The summed E-state index contributed by atoms with van der Waals surface area (Å²) in [4.78, 5) is 19.4. The summed E-state index contributed by atoms with van der Waals surface area (Å²) < 4.78 is 5.81. The zero-order valence-electron chi connectivity index (χ0n) is 12.0. The van der Waals surface area contributed by atoms with Crippen LogP contribution in [-0.4, -0.2) is 9.97 Å². The number of aromatic nitrogens is 2. The molecule has 3 aromatic rings. The number of nitrogens with zero attached hydrogens (tertiary/aromatic N) is 1. The van der Waals surface area contributed by atoms with Gasteiger partial charge in [-0.05, 0) is 19.1 Å². The van der Waals surface area contributed by atoms with Crippen LogP contribution in [0, 0.1) is 6.92 Å². The van der Waals surface area contributed by atoms with Gasteiger partial charge in [-0.25, -0.2) is 4.98 Å². The monoisotopic (exact) mass is 302 g/mol. The number of nitrogens with one attached hydrogen (secondary N) is 1. The fourth-order valence-corrected chi connectivity index (χ4v) is 2.43. The molecular weight excluding hydrogens is 288 g/mol. The first-order valence-corrected chi connectivity index (χ1v) is 7.14. The number of hydrogen-bond donors (Lipinski definition) is 1. The molecule has 0 saturated carbocycles. The Bertz CT molecular complexity index is 878. The van der Waals surface area contributed by atoms with Crippen LogP contribution < -0.4 is 5.56 Å². The van der Waals surface area contributed by atoms with Gasteiger partial charge in [0.1, 0.15) is 11.5 Å². The Morgan fingerprint density at radius 1 is 1.33 bits per heavy atom. The van der Waals surface area contributed by atoms with Gasteiger partial charge < -0.3 is 9.40 Å². The molecule has 0 aliphatic heterocycles. The molecule has 0 unspecified atom stereocenters. The zero-order valence-corrected chi connectivity index (χ0v) is 12.8. The Labute approximate surface area is 126 Å². The number of benzene rings is 1. The molecule has 108 valence electrons. The minimum absolute atomic E-state index is 0.130. The van der Waals surface area contributed by atoms with E-state index in [1.165, 1.54) is 0 Å². The van der Waals surface area contributed by atoms with Crippen LogP contribution in [0.3, 0.4) is 0 Å². The highest BCUT2D eigenvalue weighted by molar-refractivity contribution is 6.34. The fraction of sp³-hybridized carbons (Fsp3) is 0.250. The van der Waals surface area contributed by atoms with Crippen molar-refractivity contribution in [1.29, 1.82) is 0 Å². The van der Waals surface area contributed by atoms with Crippen LogP contribution in [0.5, 0.6) is 0 Å². The molecule has 21 heavy (non-hydrogen) atoms. The number of fused-ring (bicyclic) bond motifs is 1. The van der Waals surface area contributed by atoms with Crippen LogP contribution in [0.4, 0.5) is 0 Å². The van der Waals surface area contributed by atoms with Crippen LogP contribution in [0.2, 0.25) is 5.02 Å². The van der Waals surface area contributed by atoms with E-state index >= 15 is 0 Å². The summed E-state index contributed by atoms with van der Waals surface area (Å²) in [5.41, 5.74) is 1.57. The summed E-state index contributed by atoms with van der Waals surface area (Å²) in [6.45, 7) is 5.69. The van der Waals surface area contributed by atoms with Crippen molar-refractivity contribution in [2.75, 3.05) is 0 Å². The molecule has 0 aliphatic rings.